The van der Waals surface area contributed by atoms with Crippen molar-refractivity contribution in [1.82, 2.24) is 19.2 Å². The highest BCUT2D eigenvalue weighted by Crippen LogP contribution is 2.57. The molecule has 7 aromatic carbocycles. The number of para-hydroxylation sites is 2. The number of hydrogen-bond acceptors (Lipinski definition) is 2. The predicted octanol–water partition coefficient (Wildman–Crippen LogP) is 11.0. The molecule has 0 saturated heterocycles. The van der Waals surface area contributed by atoms with E-state index in [1.165, 1.54) is 55.2 Å². The molecular formula is C47H30N4. The van der Waals surface area contributed by atoms with Crippen LogP contribution in [0.4, 0.5) is 0 Å². The summed E-state index contributed by atoms with van der Waals surface area (Å²) in [6, 6.07) is 63.9. The van der Waals surface area contributed by atoms with Crippen molar-refractivity contribution in [2.75, 3.05) is 0 Å². The third kappa shape index (κ3) is 3.84. The average Bonchev–Trinajstić information content (AvgIpc) is 3.87. The Hall–Kier alpha value is -6.78. The maximum atomic E-state index is 4.80. The second-order valence-electron chi connectivity index (χ2n) is 13.5. The first-order valence-electron chi connectivity index (χ1n) is 17.4. The monoisotopic (exact) mass is 650 g/mol. The highest BCUT2D eigenvalue weighted by atomic mass is 15.2. The van der Waals surface area contributed by atoms with Crippen LogP contribution in [0.2, 0.25) is 0 Å². The van der Waals surface area contributed by atoms with Gasteiger partial charge in [-0.3, -0.25) is 4.40 Å². The molecule has 4 heteroatoms. The SMILES string of the molecule is c1ccc(C2(c3ccccc3)c3cc(-c4nnc5c6ccccc6ccn45)ccc3-c3ccc(-n4c5ccccc5c5ccccc54)cc32)cc1. The summed E-state index contributed by atoms with van der Waals surface area (Å²) in [7, 11) is 0. The number of fused-ring (bicyclic) bond motifs is 9. The normalized spacial score (nSPS) is 13.3. The highest BCUT2D eigenvalue weighted by molar-refractivity contribution is 6.09. The van der Waals surface area contributed by atoms with Gasteiger partial charge in [0.05, 0.1) is 16.4 Å². The van der Waals surface area contributed by atoms with Crippen LogP contribution in [-0.2, 0) is 5.41 Å². The molecule has 51 heavy (non-hydrogen) atoms. The van der Waals surface area contributed by atoms with E-state index < -0.39 is 5.41 Å². The minimum atomic E-state index is -0.578. The van der Waals surface area contributed by atoms with Gasteiger partial charge in [-0.1, -0.05) is 140 Å². The topological polar surface area (TPSA) is 35.1 Å². The molecule has 0 amide bonds. The summed E-state index contributed by atoms with van der Waals surface area (Å²) in [5.74, 6) is 0.829. The average molecular weight is 651 g/mol. The smallest absolute Gasteiger partial charge is 0.168 e. The summed E-state index contributed by atoms with van der Waals surface area (Å²) in [5.41, 5.74) is 12.3. The molecule has 10 aromatic rings. The first-order chi connectivity index (χ1) is 25.3. The number of rotatable bonds is 4. The van der Waals surface area contributed by atoms with Gasteiger partial charge >= 0.3 is 0 Å². The first kappa shape index (κ1) is 28.1. The lowest BCUT2D eigenvalue weighted by Crippen LogP contribution is -2.28. The van der Waals surface area contributed by atoms with Gasteiger partial charge in [-0.25, -0.2) is 0 Å². The van der Waals surface area contributed by atoms with Gasteiger partial charge in [0.2, 0.25) is 0 Å². The zero-order valence-corrected chi connectivity index (χ0v) is 27.6. The van der Waals surface area contributed by atoms with E-state index in [1.807, 2.05) is 0 Å². The fraction of sp³-hybridized carbons (Fsp3) is 0.0213. The Morgan fingerprint density at radius 3 is 1.71 bits per heavy atom. The molecule has 0 bridgehead atoms. The Labute approximate surface area is 294 Å². The lowest BCUT2D eigenvalue weighted by molar-refractivity contribution is 0.767. The third-order valence-electron chi connectivity index (χ3n) is 10.9. The van der Waals surface area contributed by atoms with Crippen LogP contribution < -0.4 is 0 Å². The van der Waals surface area contributed by atoms with Crippen molar-refractivity contribution >= 4 is 38.2 Å². The molecule has 3 aromatic heterocycles. The molecule has 238 valence electrons. The second-order valence-corrected chi connectivity index (χ2v) is 13.5. The fourth-order valence-corrected chi connectivity index (χ4v) is 8.77. The van der Waals surface area contributed by atoms with Crippen molar-refractivity contribution in [3.8, 4) is 28.2 Å². The molecule has 0 radical (unpaired) electrons. The molecule has 3 heterocycles. The number of nitrogens with zero attached hydrogens (tertiary/aromatic N) is 4. The van der Waals surface area contributed by atoms with Crippen molar-refractivity contribution in [2.24, 2.45) is 0 Å². The van der Waals surface area contributed by atoms with E-state index in [0.29, 0.717) is 0 Å². The number of aromatic nitrogens is 4. The zero-order valence-electron chi connectivity index (χ0n) is 27.6. The van der Waals surface area contributed by atoms with E-state index in [-0.39, 0.29) is 0 Å². The molecule has 4 nitrogen and oxygen atoms in total. The summed E-state index contributed by atoms with van der Waals surface area (Å²) in [6.07, 6.45) is 2.09. The lowest BCUT2D eigenvalue weighted by atomic mass is 9.67. The molecule has 11 rings (SSSR count). The van der Waals surface area contributed by atoms with Crippen molar-refractivity contribution in [3.63, 3.8) is 0 Å². The molecule has 1 aliphatic carbocycles. The third-order valence-corrected chi connectivity index (χ3v) is 10.9. The van der Waals surface area contributed by atoms with Crippen LogP contribution in [-0.4, -0.2) is 19.2 Å². The molecule has 1 aliphatic rings. The maximum Gasteiger partial charge on any atom is 0.168 e. The minimum absolute atomic E-state index is 0.578. The fourth-order valence-electron chi connectivity index (χ4n) is 8.77. The minimum Gasteiger partial charge on any atom is -0.309 e. The van der Waals surface area contributed by atoms with E-state index in [2.05, 4.69) is 191 Å². The van der Waals surface area contributed by atoms with Gasteiger partial charge in [-0.2, -0.15) is 0 Å². The standard InChI is InChI=1S/C47H30N4/c1-3-14-33(15-4-1)47(34-16-5-2-6-17-34)41-29-32(45-48-49-46-36-18-8-7-13-31(36)27-28-50(45)46)23-25-37(41)38-26-24-35(30-42(38)47)51-43-21-11-9-19-39(43)40-20-10-12-22-44(40)51/h1-30H. The quantitative estimate of drug-likeness (QED) is 0.190. The van der Waals surface area contributed by atoms with Gasteiger partial charge in [-0.05, 0) is 75.2 Å². The van der Waals surface area contributed by atoms with Crippen molar-refractivity contribution in [3.05, 3.63) is 204 Å². The van der Waals surface area contributed by atoms with Crippen molar-refractivity contribution in [1.29, 1.82) is 0 Å². The van der Waals surface area contributed by atoms with E-state index >= 15 is 0 Å². The Balaban J connectivity index is 1.21. The van der Waals surface area contributed by atoms with Crippen LogP contribution in [0.3, 0.4) is 0 Å². The maximum absolute atomic E-state index is 4.80. The Morgan fingerprint density at radius 2 is 1.02 bits per heavy atom. The number of pyridine rings is 1. The van der Waals surface area contributed by atoms with E-state index in [9.17, 15) is 0 Å². The van der Waals surface area contributed by atoms with E-state index in [1.54, 1.807) is 0 Å². The largest absolute Gasteiger partial charge is 0.309 e. The second kappa shape index (κ2) is 10.6. The van der Waals surface area contributed by atoms with Gasteiger partial charge in [-0.15, -0.1) is 10.2 Å². The summed E-state index contributed by atoms with van der Waals surface area (Å²) >= 11 is 0. The Bertz CT molecular complexity index is 2880. The lowest BCUT2D eigenvalue weighted by Gasteiger charge is -2.34. The van der Waals surface area contributed by atoms with Crippen LogP contribution in [0.1, 0.15) is 22.3 Å². The number of benzene rings is 7. The van der Waals surface area contributed by atoms with Crippen LogP contribution in [0.25, 0.3) is 66.4 Å². The van der Waals surface area contributed by atoms with Crippen molar-refractivity contribution in [2.45, 2.75) is 5.41 Å². The summed E-state index contributed by atoms with van der Waals surface area (Å²) in [4.78, 5) is 0. The van der Waals surface area contributed by atoms with Gasteiger partial charge in [0.15, 0.2) is 11.5 Å². The van der Waals surface area contributed by atoms with Crippen LogP contribution in [0.15, 0.2) is 182 Å². The Morgan fingerprint density at radius 1 is 0.451 bits per heavy atom. The van der Waals surface area contributed by atoms with Crippen LogP contribution in [0, 0.1) is 0 Å². The van der Waals surface area contributed by atoms with E-state index in [4.69, 9.17) is 10.2 Å². The van der Waals surface area contributed by atoms with Crippen LogP contribution in [0.5, 0.6) is 0 Å². The molecule has 0 fully saturated rings. The zero-order chi connectivity index (χ0) is 33.5. The highest BCUT2D eigenvalue weighted by Gasteiger charge is 2.46. The molecule has 0 aliphatic heterocycles. The Kier molecular flexibility index (Phi) is 5.84. The molecule has 0 atom stereocenters. The van der Waals surface area contributed by atoms with Crippen LogP contribution >= 0.6 is 0 Å². The summed E-state index contributed by atoms with van der Waals surface area (Å²) in [6.45, 7) is 0. The van der Waals surface area contributed by atoms with E-state index in [0.717, 1.165) is 33.5 Å². The van der Waals surface area contributed by atoms with Gasteiger partial charge in [0, 0.05) is 33.6 Å². The molecule has 0 spiro atoms. The van der Waals surface area contributed by atoms with Gasteiger partial charge in [0.25, 0.3) is 0 Å². The molecular weight excluding hydrogens is 621 g/mol. The van der Waals surface area contributed by atoms with Gasteiger partial charge < -0.3 is 4.57 Å². The number of hydrogen-bond donors (Lipinski definition) is 0. The molecule has 0 N–H and O–H groups in total. The van der Waals surface area contributed by atoms with Crippen molar-refractivity contribution < 1.29 is 0 Å². The van der Waals surface area contributed by atoms with Gasteiger partial charge in [0.1, 0.15) is 0 Å². The molecule has 0 saturated carbocycles. The predicted molar refractivity (Wildman–Crippen MR) is 208 cm³/mol. The summed E-state index contributed by atoms with van der Waals surface area (Å²) in [5, 5.41) is 14.3. The molecule has 0 unspecified atom stereocenters. The first-order valence-corrected chi connectivity index (χ1v) is 17.4. The summed E-state index contributed by atoms with van der Waals surface area (Å²) < 4.78 is 4.55.